The van der Waals surface area contributed by atoms with Crippen LogP contribution in [0.3, 0.4) is 0 Å². The highest BCUT2D eigenvalue weighted by Gasteiger charge is 2.34. The summed E-state index contributed by atoms with van der Waals surface area (Å²) in [6.45, 7) is 5.66. The van der Waals surface area contributed by atoms with Crippen LogP contribution in [0.15, 0.2) is 5.38 Å². The summed E-state index contributed by atoms with van der Waals surface area (Å²) in [5.74, 6) is 0. The molecule has 1 aromatic rings. The number of amides is 2. The van der Waals surface area contributed by atoms with Gasteiger partial charge in [-0.05, 0) is 13.8 Å². The Kier molecular flexibility index (Phi) is 6.76. The minimum absolute atomic E-state index is 0.0325. The highest BCUT2D eigenvalue weighted by Crippen LogP contribution is 2.24. The molecule has 0 unspecified atom stereocenters. The summed E-state index contributed by atoms with van der Waals surface area (Å²) in [6.07, 6.45) is 1.41. The van der Waals surface area contributed by atoms with Crippen molar-refractivity contribution in [2.24, 2.45) is 0 Å². The molecule has 1 aliphatic heterocycles. The predicted molar refractivity (Wildman–Crippen MR) is 87.6 cm³/mol. The molecule has 0 radical (unpaired) electrons. The van der Waals surface area contributed by atoms with Crippen LogP contribution in [0, 0.1) is 6.92 Å². The van der Waals surface area contributed by atoms with Crippen molar-refractivity contribution in [3.63, 3.8) is 0 Å². The Labute approximate surface area is 140 Å². The second-order valence-electron chi connectivity index (χ2n) is 5.74. The number of thiazole rings is 1. The second kappa shape index (κ2) is 8.58. The Hall–Kier alpha value is -1.22. The zero-order valence-corrected chi connectivity index (χ0v) is 14.4. The first-order valence-electron chi connectivity index (χ1n) is 7.84. The quantitative estimate of drug-likeness (QED) is 0.695. The van der Waals surface area contributed by atoms with E-state index in [-0.39, 0.29) is 25.3 Å². The molecular weight excluding hydrogens is 318 g/mol. The number of hydrogen-bond donors (Lipinski definition) is 3. The molecule has 0 spiro atoms. The number of nitrogens with zero attached hydrogens (tertiary/aromatic N) is 1. The van der Waals surface area contributed by atoms with Crippen LogP contribution < -0.4 is 10.6 Å². The fourth-order valence-corrected chi connectivity index (χ4v) is 3.30. The normalized spacial score (nSPS) is 18.4. The van der Waals surface area contributed by atoms with E-state index in [9.17, 15) is 4.79 Å². The summed E-state index contributed by atoms with van der Waals surface area (Å²) >= 11 is 1.53. The summed E-state index contributed by atoms with van der Waals surface area (Å²) in [5, 5.41) is 17.6. The van der Waals surface area contributed by atoms with Crippen LogP contribution in [0.25, 0.3) is 0 Å². The molecule has 2 heterocycles. The molecule has 7 nitrogen and oxygen atoms in total. The standard InChI is InChI=1S/C15H25N3O4S/c1-11-9-23-13(17-11)12(2)18-14(20)16-10-15(22-8-5-19)3-6-21-7-4-15/h9,12,19H,3-8,10H2,1-2H3,(H2,16,18,20)/t12-/m0/s1. The van der Waals surface area contributed by atoms with Gasteiger partial charge in [-0.3, -0.25) is 0 Å². The van der Waals surface area contributed by atoms with Crippen LogP contribution in [-0.2, 0) is 9.47 Å². The number of aryl methyl sites for hydroxylation is 1. The molecule has 0 saturated carbocycles. The fourth-order valence-electron chi connectivity index (χ4n) is 2.50. The SMILES string of the molecule is Cc1csc([C@H](C)NC(=O)NCC2(OCCO)CCOCC2)n1. The molecule has 2 amide bonds. The van der Waals surface area contributed by atoms with Crippen LogP contribution in [0.4, 0.5) is 4.79 Å². The van der Waals surface area contributed by atoms with Crippen molar-refractivity contribution in [2.75, 3.05) is 33.0 Å². The summed E-state index contributed by atoms with van der Waals surface area (Å²) in [4.78, 5) is 16.5. The molecule has 23 heavy (non-hydrogen) atoms. The van der Waals surface area contributed by atoms with Gasteiger partial charge in [0, 0.05) is 43.7 Å². The van der Waals surface area contributed by atoms with E-state index in [4.69, 9.17) is 14.6 Å². The Bertz CT molecular complexity index is 503. The molecule has 1 aliphatic rings. The zero-order valence-electron chi connectivity index (χ0n) is 13.6. The number of aromatic nitrogens is 1. The van der Waals surface area contributed by atoms with Crippen molar-refractivity contribution in [3.05, 3.63) is 16.1 Å². The number of hydrogen-bond acceptors (Lipinski definition) is 6. The molecular formula is C15H25N3O4S. The number of aliphatic hydroxyl groups is 1. The van der Waals surface area contributed by atoms with Gasteiger partial charge in [-0.15, -0.1) is 11.3 Å². The smallest absolute Gasteiger partial charge is 0.315 e. The van der Waals surface area contributed by atoms with E-state index in [0.717, 1.165) is 10.7 Å². The molecule has 0 aliphatic carbocycles. The van der Waals surface area contributed by atoms with Gasteiger partial charge in [-0.2, -0.15) is 0 Å². The third kappa shape index (κ3) is 5.42. The summed E-state index contributed by atoms with van der Waals surface area (Å²) in [5.41, 5.74) is 0.497. The van der Waals surface area contributed by atoms with Gasteiger partial charge in [-0.25, -0.2) is 9.78 Å². The molecule has 130 valence electrons. The van der Waals surface area contributed by atoms with Crippen molar-refractivity contribution in [1.29, 1.82) is 0 Å². The molecule has 0 aromatic carbocycles. The molecule has 1 saturated heterocycles. The maximum absolute atomic E-state index is 12.1. The lowest BCUT2D eigenvalue weighted by molar-refractivity contribution is -0.114. The number of ether oxygens (including phenoxy) is 2. The molecule has 1 fully saturated rings. The fraction of sp³-hybridized carbons (Fsp3) is 0.733. The Morgan fingerprint density at radius 1 is 1.57 bits per heavy atom. The maximum atomic E-state index is 12.1. The first-order chi connectivity index (χ1) is 11.0. The molecule has 1 aromatic heterocycles. The van der Waals surface area contributed by atoms with Gasteiger partial charge < -0.3 is 25.2 Å². The van der Waals surface area contributed by atoms with E-state index in [2.05, 4.69) is 15.6 Å². The third-order valence-electron chi connectivity index (χ3n) is 3.83. The summed E-state index contributed by atoms with van der Waals surface area (Å²) in [6, 6.07) is -0.387. The highest BCUT2D eigenvalue weighted by atomic mass is 32.1. The Balaban J connectivity index is 1.83. The lowest BCUT2D eigenvalue weighted by Crippen LogP contribution is -2.51. The van der Waals surface area contributed by atoms with E-state index in [1.807, 2.05) is 19.2 Å². The number of nitrogens with one attached hydrogen (secondary N) is 2. The van der Waals surface area contributed by atoms with Crippen molar-refractivity contribution in [3.8, 4) is 0 Å². The molecule has 1 atom stereocenters. The maximum Gasteiger partial charge on any atom is 0.315 e. The average Bonchev–Trinajstić information content (AvgIpc) is 2.99. The largest absolute Gasteiger partial charge is 0.394 e. The number of aliphatic hydroxyl groups excluding tert-OH is 1. The van der Waals surface area contributed by atoms with Gasteiger partial charge in [-0.1, -0.05) is 0 Å². The van der Waals surface area contributed by atoms with Gasteiger partial charge in [0.2, 0.25) is 0 Å². The summed E-state index contributed by atoms with van der Waals surface area (Å²) < 4.78 is 11.1. The predicted octanol–water partition coefficient (Wildman–Crippen LogP) is 1.37. The van der Waals surface area contributed by atoms with Crippen LogP contribution in [0.5, 0.6) is 0 Å². The first-order valence-corrected chi connectivity index (χ1v) is 8.71. The van der Waals surface area contributed by atoms with Crippen LogP contribution >= 0.6 is 11.3 Å². The lowest BCUT2D eigenvalue weighted by atomic mass is 9.94. The van der Waals surface area contributed by atoms with Crippen molar-refractivity contribution >= 4 is 17.4 Å². The minimum atomic E-state index is -0.459. The summed E-state index contributed by atoms with van der Waals surface area (Å²) in [7, 11) is 0. The molecule has 8 heteroatoms. The minimum Gasteiger partial charge on any atom is -0.394 e. The van der Waals surface area contributed by atoms with Gasteiger partial charge in [0.15, 0.2) is 0 Å². The van der Waals surface area contributed by atoms with E-state index in [1.54, 1.807) is 0 Å². The molecule has 2 rings (SSSR count). The van der Waals surface area contributed by atoms with E-state index in [0.29, 0.717) is 32.6 Å². The number of carbonyl (C=O) groups excluding carboxylic acids is 1. The first kappa shape index (κ1) is 18.1. The van der Waals surface area contributed by atoms with Crippen molar-refractivity contribution in [2.45, 2.75) is 38.3 Å². The van der Waals surface area contributed by atoms with Crippen LogP contribution in [0.1, 0.15) is 36.5 Å². The van der Waals surface area contributed by atoms with E-state index < -0.39 is 5.60 Å². The zero-order chi connectivity index (χ0) is 16.7. The number of urea groups is 1. The van der Waals surface area contributed by atoms with Gasteiger partial charge >= 0.3 is 6.03 Å². The molecule has 0 bridgehead atoms. The van der Waals surface area contributed by atoms with Gasteiger partial charge in [0.1, 0.15) is 5.01 Å². The van der Waals surface area contributed by atoms with Crippen LogP contribution in [0.2, 0.25) is 0 Å². The number of carbonyl (C=O) groups is 1. The average molecular weight is 343 g/mol. The topological polar surface area (TPSA) is 92.7 Å². The van der Waals surface area contributed by atoms with Gasteiger partial charge in [0.25, 0.3) is 0 Å². The lowest BCUT2D eigenvalue weighted by Gasteiger charge is -2.37. The Morgan fingerprint density at radius 3 is 2.91 bits per heavy atom. The monoisotopic (exact) mass is 343 g/mol. The Morgan fingerprint density at radius 2 is 2.30 bits per heavy atom. The van der Waals surface area contributed by atoms with Gasteiger partial charge in [0.05, 0.1) is 24.9 Å². The van der Waals surface area contributed by atoms with Crippen LogP contribution in [-0.4, -0.2) is 54.7 Å². The number of rotatable bonds is 7. The van der Waals surface area contributed by atoms with E-state index >= 15 is 0 Å². The second-order valence-corrected chi connectivity index (χ2v) is 6.63. The highest BCUT2D eigenvalue weighted by molar-refractivity contribution is 7.09. The van der Waals surface area contributed by atoms with Crippen molar-refractivity contribution < 1.29 is 19.4 Å². The third-order valence-corrected chi connectivity index (χ3v) is 4.97. The van der Waals surface area contributed by atoms with Crippen molar-refractivity contribution in [1.82, 2.24) is 15.6 Å². The molecule has 3 N–H and O–H groups in total. The van der Waals surface area contributed by atoms with E-state index in [1.165, 1.54) is 11.3 Å².